The van der Waals surface area contributed by atoms with Crippen LogP contribution >= 0.6 is 0 Å². The van der Waals surface area contributed by atoms with Gasteiger partial charge in [0.15, 0.2) is 0 Å². The van der Waals surface area contributed by atoms with Gasteiger partial charge in [-0.1, -0.05) is 55.7 Å². The van der Waals surface area contributed by atoms with Gasteiger partial charge in [-0.15, -0.1) is 0 Å². The molecule has 3 heteroatoms. The minimum absolute atomic E-state index is 0.560. The van der Waals surface area contributed by atoms with E-state index in [0.717, 1.165) is 12.6 Å². The molecular weight excluding hydrogens is 342 g/mol. The van der Waals surface area contributed by atoms with E-state index in [1.54, 1.807) is 5.56 Å². The van der Waals surface area contributed by atoms with Crippen molar-refractivity contribution >= 4 is 0 Å². The maximum Gasteiger partial charge on any atom is 0.0543 e. The molecule has 0 N–H and O–H groups in total. The molecule has 1 aromatic heterocycles. The number of likely N-dealkylation sites (tertiary alicyclic amines) is 2. The first-order valence-electron chi connectivity index (χ1n) is 11.3. The molecule has 28 heavy (non-hydrogen) atoms. The zero-order valence-electron chi connectivity index (χ0n) is 17.0. The number of rotatable bonds is 4. The number of aromatic nitrogens is 1. The Morgan fingerprint density at radius 1 is 0.893 bits per heavy atom. The molecule has 1 aliphatic carbocycles. The van der Waals surface area contributed by atoms with E-state index in [0.29, 0.717) is 11.5 Å². The van der Waals surface area contributed by atoms with Crippen LogP contribution in [0.3, 0.4) is 0 Å². The molecule has 3 aliphatic rings. The summed E-state index contributed by atoms with van der Waals surface area (Å²) in [6.07, 6.45) is 11.7. The van der Waals surface area contributed by atoms with Gasteiger partial charge < -0.3 is 0 Å². The van der Waals surface area contributed by atoms with Gasteiger partial charge in [-0.2, -0.15) is 0 Å². The molecule has 5 rings (SSSR count). The lowest BCUT2D eigenvalue weighted by Gasteiger charge is -2.63. The fourth-order valence-electron chi connectivity index (χ4n) is 6.12. The molecule has 0 bridgehead atoms. The Kier molecular flexibility index (Phi) is 5.21. The molecule has 3 heterocycles. The summed E-state index contributed by atoms with van der Waals surface area (Å²) >= 11 is 0. The molecule has 0 radical (unpaired) electrons. The first-order chi connectivity index (χ1) is 13.8. The maximum absolute atomic E-state index is 4.51. The average Bonchev–Trinajstić information content (AvgIpc) is 2.75. The number of hydrogen-bond donors (Lipinski definition) is 0. The lowest BCUT2D eigenvalue weighted by Crippen LogP contribution is -2.63. The van der Waals surface area contributed by atoms with Crippen LogP contribution in [-0.4, -0.2) is 40.5 Å². The van der Waals surface area contributed by atoms with Crippen molar-refractivity contribution in [1.82, 2.24) is 14.8 Å². The van der Waals surface area contributed by atoms with Gasteiger partial charge in [0.2, 0.25) is 0 Å². The van der Waals surface area contributed by atoms with E-state index in [1.807, 2.05) is 12.3 Å². The lowest BCUT2D eigenvalue weighted by atomic mass is 9.60. The van der Waals surface area contributed by atoms with Gasteiger partial charge in [-0.3, -0.25) is 14.8 Å². The fourth-order valence-corrected chi connectivity index (χ4v) is 6.12. The Morgan fingerprint density at radius 2 is 1.64 bits per heavy atom. The van der Waals surface area contributed by atoms with Crippen molar-refractivity contribution in [2.24, 2.45) is 5.41 Å². The number of piperidine rings is 1. The summed E-state index contributed by atoms with van der Waals surface area (Å²) in [6, 6.07) is 19.0. The van der Waals surface area contributed by atoms with Crippen LogP contribution in [0.4, 0.5) is 0 Å². The zero-order chi connectivity index (χ0) is 18.8. The van der Waals surface area contributed by atoms with Crippen LogP contribution in [-0.2, 0) is 6.54 Å². The molecule has 3 fully saturated rings. The summed E-state index contributed by atoms with van der Waals surface area (Å²) < 4.78 is 0. The van der Waals surface area contributed by atoms with Crippen LogP contribution in [0.1, 0.15) is 62.2 Å². The molecule has 1 unspecified atom stereocenters. The van der Waals surface area contributed by atoms with E-state index < -0.39 is 0 Å². The Morgan fingerprint density at radius 3 is 2.36 bits per heavy atom. The molecule has 1 saturated carbocycles. The summed E-state index contributed by atoms with van der Waals surface area (Å²) in [5.74, 6) is 0. The van der Waals surface area contributed by atoms with Gasteiger partial charge in [0.25, 0.3) is 0 Å². The third-order valence-corrected chi connectivity index (χ3v) is 7.51. The molecule has 2 aliphatic heterocycles. The minimum Gasteiger partial charge on any atom is -0.297 e. The van der Waals surface area contributed by atoms with E-state index in [1.165, 1.54) is 70.3 Å². The van der Waals surface area contributed by atoms with E-state index in [9.17, 15) is 0 Å². The number of hydrogen-bond acceptors (Lipinski definition) is 3. The Balaban J connectivity index is 1.26. The topological polar surface area (TPSA) is 19.4 Å². The molecule has 1 spiro atoms. The maximum atomic E-state index is 4.51. The van der Waals surface area contributed by atoms with Gasteiger partial charge in [0.05, 0.1) is 5.69 Å². The summed E-state index contributed by atoms with van der Waals surface area (Å²) in [5, 5.41) is 0. The molecule has 2 saturated heterocycles. The summed E-state index contributed by atoms with van der Waals surface area (Å²) in [4.78, 5) is 9.97. The fraction of sp³-hybridized carbons (Fsp3) is 0.560. The lowest BCUT2D eigenvalue weighted by molar-refractivity contribution is -0.133. The van der Waals surface area contributed by atoms with Crippen molar-refractivity contribution in [2.45, 2.75) is 63.6 Å². The van der Waals surface area contributed by atoms with Crippen LogP contribution in [0, 0.1) is 5.41 Å². The highest BCUT2D eigenvalue weighted by Gasteiger charge is 2.54. The van der Waals surface area contributed by atoms with E-state index in [2.05, 4.69) is 57.2 Å². The Labute approximate surface area is 169 Å². The van der Waals surface area contributed by atoms with Gasteiger partial charge >= 0.3 is 0 Å². The van der Waals surface area contributed by atoms with Gasteiger partial charge in [0.1, 0.15) is 0 Å². The van der Waals surface area contributed by atoms with Crippen LogP contribution in [0.2, 0.25) is 0 Å². The number of nitrogens with zero attached hydrogens (tertiary/aromatic N) is 3. The molecule has 1 atom stereocenters. The van der Waals surface area contributed by atoms with Crippen molar-refractivity contribution in [3.63, 3.8) is 0 Å². The smallest absolute Gasteiger partial charge is 0.0543 e. The predicted molar refractivity (Wildman–Crippen MR) is 114 cm³/mol. The molecule has 3 nitrogen and oxygen atoms in total. The van der Waals surface area contributed by atoms with Crippen LogP contribution in [0.5, 0.6) is 0 Å². The summed E-state index contributed by atoms with van der Waals surface area (Å²) in [6.45, 7) is 4.73. The SMILES string of the molecule is c1ccc(C2N(C3CCN(Cc4ccccn4)CC3)CC23CCCCC3)cc1. The van der Waals surface area contributed by atoms with Crippen LogP contribution in [0.25, 0.3) is 0 Å². The second-order valence-corrected chi connectivity index (χ2v) is 9.24. The molecular formula is C25H33N3. The third kappa shape index (κ3) is 3.51. The third-order valence-electron chi connectivity index (χ3n) is 7.51. The Hall–Kier alpha value is -1.71. The predicted octanol–water partition coefficient (Wildman–Crippen LogP) is 5.05. The van der Waals surface area contributed by atoms with Crippen molar-refractivity contribution in [3.05, 3.63) is 66.0 Å². The summed E-state index contributed by atoms with van der Waals surface area (Å²) in [5.41, 5.74) is 3.32. The highest BCUT2D eigenvalue weighted by Crippen LogP contribution is 2.58. The standard InChI is InChI=1S/C25H33N3/c1-3-9-21(10-4-1)24-25(14-6-2-7-15-25)20-28(24)23-12-17-27(18-13-23)19-22-11-5-8-16-26-22/h1,3-5,8-11,16,23-24H,2,6-7,12-15,17-20H2. The zero-order valence-corrected chi connectivity index (χ0v) is 17.0. The van der Waals surface area contributed by atoms with Gasteiger partial charge in [-0.05, 0) is 43.4 Å². The normalized spacial score (nSPS) is 26.2. The van der Waals surface area contributed by atoms with Crippen molar-refractivity contribution < 1.29 is 0 Å². The highest BCUT2D eigenvalue weighted by molar-refractivity contribution is 5.26. The van der Waals surface area contributed by atoms with E-state index >= 15 is 0 Å². The van der Waals surface area contributed by atoms with E-state index in [-0.39, 0.29) is 0 Å². The highest BCUT2D eigenvalue weighted by atomic mass is 15.3. The number of pyridine rings is 1. The monoisotopic (exact) mass is 375 g/mol. The second kappa shape index (κ2) is 7.96. The van der Waals surface area contributed by atoms with Gasteiger partial charge in [-0.25, -0.2) is 0 Å². The van der Waals surface area contributed by atoms with Crippen LogP contribution in [0.15, 0.2) is 54.7 Å². The van der Waals surface area contributed by atoms with Crippen molar-refractivity contribution in [3.8, 4) is 0 Å². The first-order valence-corrected chi connectivity index (χ1v) is 11.3. The van der Waals surface area contributed by atoms with E-state index in [4.69, 9.17) is 0 Å². The Bertz CT molecular complexity index is 746. The van der Waals surface area contributed by atoms with Crippen LogP contribution < -0.4 is 0 Å². The second-order valence-electron chi connectivity index (χ2n) is 9.24. The van der Waals surface area contributed by atoms with Crippen molar-refractivity contribution in [1.29, 1.82) is 0 Å². The quantitative estimate of drug-likeness (QED) is 0.745. The summed E-state index contributed by atoms with van der Waals surface area (Å²) in [7, 11) is 0. The largest absolute Gasteiger partial charge is 0.297 e. The molecule has 148 valence electrons. The van der Waals surface area contributed by atoms with Crippen molar-refractivity contribution in [2.75, 3.05) is 19.6 Å². The molecule has 1 aromatic carbocycles. The molecule has 2 aromatic rings. The number of benzene rings is 1. The molecule has 0 amide bonds. The van der Waals surface area contributed by atoms with Gasteiger partial charge in [0, 0.05) is 49.9 Å². The first kappa shape index (κ1) is 18.3. The minimum atomic E-state index is 0.560. The average molecular weight is 376 g/mol.